The van der Waals surface area contributed by atoms with E-state index in [9.17, 15) is 0 Å². The second kappa shape index (κ2) is 4.77. The molecule has 0 unspecified atom stereocenters. The van der Waals surface area contributed by atoms with Crippen molar-refractivity contribution in [1.29, 1.82) is 0 Å². The van der Waals surface area contributed by atoms with E-state index in [0.29, 0.717) is 6.04 Å². The van der Waals surface area contributed by atoms with Gasteiger partial charge in [0.05, 0.1) is 0 Å². The average Bonchev–Trinajstić information content (AvgIpc) is 2.02. The summed E-state index contributed by atoms with van der Waals surface area (Å²) in [5.41, 5.74) is 2.61. The molecule has 0 radical (unpaired) electrons. The fourth-order valence-corrected chi connectivity index (χ4v) is 1.74. The minimum atomic E-state index is 0.535. The van der Waals surface area contributed by atoms with Crippen LogP contribution in [-0.4, -0.2) is 6.04 Å². The molecule has 1 aromatic rings. The third-order valence-electron chi connectivity index (χ3n) is 1.91. The minimum absolute atomic E-state index is 0.535. The number of benzene rings is 1. The Kier molecular flexibility index (Phi) is 3.94. The molecule has 13 heavy (non-hydrogen) atoms. The molecule has 1 rings (SSSR count). The molecule has 72 valence electrons. The van der Waals surface area contributed by atoms with Crippen molar-refractivity contribution in [3.8, 4) is 0 Å². The van der Waals surface area contributed by atoms with Crippen molar-refractivity contribution < 1.29 is 0 Å². The molecule has 1 aromatic carbocycles. The van der Waals surface area contributed by atoms with E-state index in [1.165, 1.54) is 15.6 Å². The highest BCUT2D eigenvalue weighted by Gasteiger charge is 2.00. The van der Waals surface area contributed by atoms with Crippen LogP contribution in [0.15, 0.2) is 22.7 Å². The number of nitrogens with one attached hydrogen (secondary N) is 1. The molecule has 1 nitrogen and oxygen atoms in total. The molecule has 0 atom stereocenters. The zero-order valence-electron chi connectivity index (χ0n) is 8.39. The van der Waals surface area contributed by atoms with Crippen LogP contribution in [0.5, 0.6) is 0 Å². The molecule has 0 saturated heterocycles. The molecule has 2 heteroatoms. The maximum atomic E-state index is 3.56. The summed E-state index contributed by atoms with van der Waals surface area (Å²) >= 11 is 3.56. The zero-order chi connectivity index (χ0) is 9.84. The van der Waals surface area contributed by atoms with Crippen molar-refractivity contribution in [2.45, 2.75) is 33.4 Å². The molecule has 0 bridgehead atoms. The molecular formula is C11H16BrN. The third-order valence-corrected chi connectivity index (χ3v) is 2.65. The first kappa shape index (κ1) is 10.7. The summed E-state index contributed by atoms with van der Waals surface area (Å²) in [5, 5.41) is 3.39. The second-order valence-electron chi connectivity index (χ2n) is 3.63. The highest BCUT2D eigenvalue weighted by molar-refractivity contribution is 9.10. The summed E-state index contributed by atoms with van der Waals surface area (Å²) in [5.74, 6) is 0. The van der Waals surface area contributed by atoms with Gasteiger partial charge in [0, 0.05) is 17.1 Å². The monoisotopic (exact) mass is 241 g/mol. The van der Waals surface area contributed by atoms with Crippen LogP contribution in [0.1, 0.15) is 25.0 Å². The number of hydrogen-bond acceptors (Lipinski definition) is 1. The summed E-state index contributed by atoms with van der Waals surface area (Å²) < 4.78 is 1.20. The number of hydrogen-bond donors (Lipinski definition) is 1. The van der Waals surface area contributed by atoms with Crippen molar-refractivity contribution >= 4 is 15.9 Å². The van der Waals surface area contributed by atoms with E-state index in [4.69, 9.17) is 0 Å². The Labute approximate surface area is 88.7 Å². The van der Waals surface area contributed by atoms with Gasteiger partial charge in [-0.1, -0.05) is 41.9 Å². The van der Waals surface area contributed by atoms with Gasteiger partial charge in [-0.25, -0.2) is 0 Å². The molecule has 0 saturated carbocycles. The van der Waals surface area contributed by atoms with E-state index < -0.39 is 0 Å². The molecular weight excluding hydrogens is 226 g/mol. The lowest BCUT2D eigenvalue weighted by molar-refractivity contribution is 0.588. The van der Waals surface area contributed by atoms with Crippen LogP contribution in [0, 0.1) is 6.92 Å². The topological polar surface area (TPSA) is 12.0 Å². The molecule has 0 aliphatic rings. The first-order valence-electron chi connectivity index (χ1n) is 4.58. The molecule has 0 aliphatic carbocycles. The Balaban J connectivity index is 2.67. The SMILES string of the molecule is Cc1ccc(CNC(C)C)c(Br)c1. The van der Waals surface area contributed by atoms with Crippen LogP contribution in [0.25, 0.3) is 0 Å². The summed E-state index contributed by atoms with van der Waals surface area (Å²) in [7, 11) is 0. The predicted octanol–water partition coefficient (Wildman–Crippen LogP) is 3.26. The summed E-state index contributed by atoms with van der Waals surface area (Å²) in [4.78, 5) is 0. The normalized spacial score (nSPS) is 10.8. The van der Waals surface area contributed by atoms with Gasteiger partial charge < -0.3 is 5.32 Å². The average molecular weight is 242 g/mol. The summed E-state index contributed by atoms with van der Waals surface area (Å²) in [6.45, 7) is 7.34. The van der Waals surface area contributed by atoms with Gasteiger partial charge in [0.15, 0.2) is 0 Å². The fraction of sp³-hybridized carbons (Fsp3) is 0.455. The Hall–Kier alpha value is -0.340. The highest BCUT2D eigenvalue weighted by Crippen LogP contribution is 2.18. The van der Waals surface area contributed by atoms with Gasteiger partial charge >= 0.3 is 0 Å². The standard InChI is InChI=1S/C11H16BrN/c1-8(2)13-7-10-5-4-9(3)6-11(10)12/h4-6,8,13H,7H2,1-3H3. The molecule has 0 heterocycles. The van der Waals surface area contributed by atoms with Gasteiger partial charge in [0.2, 0.25) is 0 Å². The smallest absolute Gasteiger partial charge is 0.0222 e. The van der Waals surface area contributed by atoms with Crippen LogP contribution >= 0.6 is 15.9 Å². The molecule has 0 aliphatic heterocycles. The summed E-state index contributed by atoms with van der Waals surface area (Å²) in [6.07, 6.45) is 0. The van der Waals surface area contributed by atoms with Crippen molar-refractivity contribution in [1.82, 2.24) is 5.32 Å². The van der Waals surface area contributed by atoms with Gasteiger partial charge in [-0.2, -0.15) is 0 Å². The zero-order valence-corrected chi connectivity index (χ0v) is 9.98. The van der Waals surface area contributed by atoms with Crippen molar-refractivity contribution in [3.05, 3.63) is 33.8 Å². The quantitative estimate of drug-likeness (QED) is 0.857. The van der Waals surface area contributed by atoms with Crippen LogP contribution in [0.3, 0.4) is 0 Å². The maximum absolute atomic E-state index is 3.56. The van der Waals surface area contributed by atoms with E-state index in [0.717, 1.165) is 6.54 Å². The van der Waals surface area contributed by atoms with Crippen LogP contribution in [0.2, 0.25) is 0 Å². The van der Waals surface area contributed by atoms with Crippen LogP contribution in [0.4, 0.5) is 0 Å². The van der Waals surface area contributed by atoms with E-state index in [1.807, 2.05) is 0 Å². The van der Waals surface area contributed by atoms with E-state index in [-0.39, 0.29) is 0 Å². The highest BCUT2D eigenvalue weighted by atomic mass is 79.9. The first-order chi connectivity index (χ1) is 6.09. The lowest BCUT2D eigenvalue weighted by Crippen LogP contribution is -2.21. The third kappa shape index (κ3) is 3.49. The van der Waals surface area contributed by atoms with Gasteiger partial charge in [0.25, 0.3) is 0 Å². The molecule has 0 fully saturated rings. The Morgan fingerprint density at radius 1 is 1.38 bits per heavy atom. The number of halogens is 1. The van der Waals surface area contributed by atoms with E-state index in [1.54, 1.807) is 0 Å². The Morgan fingerprint density at radius 2 is 2.08 bits per heavy atom. The van der Waals surface area contributed by atoms with Crippen LogP contribution < -0.4 is 5.32 Å². The van der Waals surface area contributed by atoms with Gasteiger partial charge in [-0.15, -0.1) is 0 Å². The van der Waals surface area contributed by atoms with Crippen LogP contribution in [-0.2, 0) is 6.54 Å². The lowest BCUT2D eigenvalue weighted by Gasteiger charge is -2.09. The van der Waals surface area contributed by atoms with E-state index in [2.05, 4.69) is 60.2 Å². The number of aryl methyl sites for hydroxylation is 1. The molecule has 1 N–H and O–H groups in total. The minimum Gasteiger partial charge on any atom is -0.310 e. The number of rotatable bonds is 3. The molecule has 0 spiro atoms. The van der Waals surface area contributed by atoms with Crippen molar-refractivity contribution in [2.24, 2.45) is 0 Å². The van der Waals surface area contributed by atoms with Gasteiger partial charge in [0.1, 0.15) is 0 Å². The second-order valence-corrected chi connectivity index (χ2v) is 4.48. The first-order valence-corrected chi connectivity index (χ1v) is 5.37. The van der Waals surface area contributed by atoms with Crippen molar-refractivity contribution in [3.63, 3.8) is 0 Å². The fourth-order valence-electron chi connectivity index (χ4n) is 1.11. The van der Waals surface area contributed by atoms with Crippen molar-refractivity contribution in [2.75, 3.05) is 0 Å². The predicted molar refractivity (Wildman–Crippen MR) is 60.9 cm³/mol. The molecule has 0 aromatic heterocycles. The summed E-state index contributed by atoms with van der Waals surface area (Å²) in [6, 6.07) is 6.99. The molecule has 0 amide bonds. The van der Waals surface area contributed by atoms with Gasteiger partial charge in [-0.3, -0.25) is 0 Å². The van der Waals surface area contributed by atoms with Gasteiger partial charge in [-0.05, 0) is 24.1 Å². The maximum Gasteiger partial charge on any atom is 0.0222 e. The van der Waals surface area contributed by atoms with E-state index >= 15 is 0 Å². The lowest BCUT2D eigenvalue weighted by atomic mass is 10.1. The Bertz CT molecular complexity index is 281. The largest absolute Gasteiger partial charge is 0.310 e. The Morgan fingerprint density at radius 3 is 2.62 bits per heavy atom.